The van der Waals surface area contributed by atoms with Crippen LogP contribution >= 0.6 is 0 Å². The summed E-state index contributed by atoms with van der Waals surface area (Å²) in [5, 5.41) is 2.84. The van der Waals surface area contributed by atoms with Crippen LogP contribution in [0.2, 0.25) is 0 Å². The maximum atomic E-state index is 10.9. The number of nitrogens with one attached hydrogen (secondary N) is 3. The van der Waals surface area contributed by atoms with Gasteiger partial charge in [0, 0.05) is 7.05 Å². The lowest BCUT2D eigenvalue weighted by Crippen LogP contribution is -2.00. The van der Waals surface area contributed by atoms with Crippen molar-refractivity contribution in [2.45, 2.75) is 0 Å². The fourth-order valence-corrected chi connectivity index (χ4v) is 1.04. The number of aromatic amines is 2. The molecule has 12 heavy (non-hydrogen) atoms. The summed E-state index contributed by atoms with van der Waals surface area (Å²) in [5.41, 5.74) is 0.839. The zero-order valence-electron chi connectivity index (χ0n) is 6.38. The van der Waals surface area contributed by atoms with Crippen LogP contribution in [-0.4, -0.2) is 27.0 Å². The first-order valence-electron chi connectivity index (χ1n) is 3.42. The second-order valence-corrected chi connectivity index (χ2v) is 2.28. The molecule has 6 nitrogen and oxygen atoms in total. The van der Waals surface area contributed by atoms with E-state index in [9.17, 15) is 4.79 Å². The van der Waals surface area contributed by atoms with Gasteiger partial charge in [-0.1, -0.05) is 0 Å². The van der Waals surface area contributed by atoms with Crippen LogP contribution in [0.25, 0.3) is 11.2 Å². The maximum absolute atomic E-state index is 10.9. The minimum Gasteiger partial charge on any atom is -0.371 e. The molecule has 0 aliphatic carbocycles. The summed E-state index contributed by atoms with van der Waals surface area (Å²) < 4.78 is 0. The Morgan fingerprint density at radius 3 is 3.00 bits per heavy atom. The lowest BCUT2D eigenvalue weighted by molar-refractivity contribution is 1.18. The summed E-state index contributed by atoms with van der Waals surface area (Å²) in [6, 6.07) is 0. The molecule has 62 valence electrons. The highest BCUT2D eigenvalue weighted by Crippen LogP contribution is 2.10. The second kappa shape index (κ2) is 2.33. The van der Waals surface area contributed by atoms with Gasteiger partial charge in [0.25, 0.3) is 0 Å². The van der Waals surface area contributed by atoms with Gasteiger partial charge in [-0.3, -0.25) is 4.98 Å². The molecule has 0 saturated carbocycles. The lowest BCUT2D eigenvalue weighted by atomic mass is 10.5. The molecule has 0 fully saturated rings. The Labute approximate surface area is 67.1 Å². The number of hydrogen-bond acceptors (Lipinski definition) is 4. The van der Waals surface area contributed by atoms with E-state index in [1.54, 1.807) is 7.05 Å². The highest BCUT2D eigenvalue weighted by atomic mass is 16.1. The molecule has 0 amide bonds. The van der Waals surface area contributed by atoms with Crippen molar-refractivity contribution in [3.63, 3.8) is 0 Å². The van der Waals surface area contributed by atoms with Gasteiger partial charge in [0.1, 0.15) is 11.8 Å². The molecular formula is C6H7N5O. The van der Waals surface area contributed by atoms with Crippen molar-refractivity contribution in [1.29, 1.82) is 0 Å². The third-order valence-electron chi connectivity index (χ3n) is 1.55. The van der Waals surface area contributed by atoms with Gasteiger partial charge in [-0.05, 0) is 0 Å². The topological polar surface area (TPSA) is 86.5 Å². The van der Waals surface area contributed by atoms with Crippen LogP contribution in [0.4, 0.5) is 5.82 Å². The molecule has 0 atom stereocenters. The fraction of sp³-hybridized carbons (Fsp3) is 0.167. The van der Waals surface area contributed by atoms with E-state index in [4.69, 9.17) is 0 Å². The average molecular weight is 165 g/mol. The number of fused-ring (bicyclic) bond motifs is 1. The highest BCUT2D eigenvalue weighted by Gasteiger charge is 2.03. The number of imidazole rings is 1. The molecule has 0 unspecified atom stereocenters. The Bertz CT molecular complexity index is 456. The van der Waals surface area contributed by atoms with E-state index in [0.717, 1.165) is 0 Å². The molecule has 0 saturated heterocycles. The summed E-state index contributed by atoms with van der Waals surface area (Å²) in [4.78, 5) is 23.8. The monoisotopic (exact) mass is 165 g/mol. The van der Waals surface area contributed by atoms with Crippen LogP contribution in [0.1, 0.15) is 0 Å². The molecule has 0 radical (unpaired) electrons. The van der Waals surface area contributed by atoms with Crippen LogP contribution < -0.4 is 11.0 Å². The van der Waals surface area contributed by atoms with Gasteiger partial charge < -0.3 is 10.3 Å². The summed E-state index contributed by atoms with van der Waals surface area (Å²) in [6.45, 7) is 0. The van der Waals surface area contributed by atoms with Crippen molar-refractivity contribution in [2.75, 3.05) is 12.4 Å². The summed E-state index contributed by atoms with van der Waals surface area (Å²) in [6.07, 6.45) is 1.39. The maximum Gasteiger partial charge on any atom is 0.325 e. The Morgan fingerprint density at radius 1 is 1.42 bits per heavy atom. The van der Waals surface area contributed by atoms with Crippen molar-refractivity contribution >= 4 is 17.0 Å². The van der Waals surface area contributed by atoms with Crippen molar-refractivity contribution < 1.29 is 0 Å². The first kappa shape index (κ1) is 6.84. The summed E-state index contributed by atoms with van der Waals surface area (Å²) in [5.74, 6) is 0.610. The van der Waals surface area contributed by atoms with Crippen LogP contribution in [-0.2, 0) is 0 Å². The molecular weight excluding hydrogens is 158 g/mol. The molecule has 0 spiro atoms. The fourth-order valence-electron chi connectivity index (χ4n) is 1.04. The Hall–Kier alpha value is -1.85. The zero-order valence-corrected chi connectivity index (χ0v) is 6.38. The van der Waals surface area contributed by atoms with Crippen LogP contribution in [0.3, 0.4) is 0 Å². The number of aromatic nitrogens is 4. The smallest absolute Gasteiger partial charge is 0.325 e. The molecule has 0 aliphatic heterocycles. The van der Waals surface area contributed by atoms with Crippen LogP contribution in [0.5, 0.6) is 0 Å². The molecule has 2 rings (SSSR count). The van der Waals surface area contributed by atoms with Gasteiger partial charge >= 0.3 is 5.69 Å². The lowest BCUT2D eigenvalue weighted by Gasteiger charge is -1.96. The first-order valence-corrected chi connectivity index (χ1v) is 3.42. The minimum atomic E-state index is -0.276. The predicted octanol–water partition coefficient (Wildman–Crippen LogP) is -0.312. The van der Waals surface area contributed by atoms with Crippen molar-refractivity contribution in [2.24, 2.45) is 0 Å². The quantitative estimate of drug-likeness (QED) is 0.541. The molecule has 3 N–H and O–H groups in total. The van der Waals surface area contributed by atoms with Crippen molar-refractivity contribution in [3.05, 3.63) is 16.8 Å². The van der Waals surface area contributed by atoms with E-state index in [1.807, 2.05) is 0 Å². The number of rotatable bonds is 1. The van der Waals surface area contributed by atoms with Crippen LogP contribution in [0.15, 0.2) is 11.1 Å². The zero-order chi connectivity index (χ0) is 8.55. The van der Waals surface area contributed by atoms with E-state index in [1.165, 1.54) is 6.33 Å². The van der Waals surface area contributed by atoms with E-state index in [0.29, 0.717) is 17.0 Å². The number of hydrogen-bond donors (Lipinski definition) is 3. The van der Waals surface area contributed by atoms with Gasteiger partial charge in [-0.15, -0.1) is 0 Å². The van der Waals surface area contributed by atoms with Gasteiger partial charge in [0.05, 0.1) is 0 Å². The van der Waals surface area contributed by atoms with Gasteiger partial charge in [0.2, 0.25) is 0 Å². The third kappa shape index (κ3) is 0.849. The van der Waals surface area contributed by atoms with E-state index in [2.05, 4.69) is 25.3 Å². The average Bonchev–Trinajstić information content (AvgIpc) is 2.44. The molecule has 0 bridgehead atoms. The number of nitrogens with zero attached hydrogens (tertiary/aromatic N) is 2. The largest absolute Gasteiger partial charge is 0.371 e. The van der Waals surface area contributed by atoms with Gasteiger partial charge in [-0.25, -0.2) is 14.8 Å². The summed E-state index contributed by atoms with van der Waals surface area (Å²) in [7, 11) is 1.73. The Kier molecular flexibility index (Phi) is 1.33. The predicted molar refractivity (Wildman–Crippen MR) is 44.1 cm³/mol. The third-order valence-corrected chi connectivity index (χ3v) is 1.55. The molecule has 0 aliphatic rings. The molecule has 2 aromatic rings. The summed E-state index contributed by atoms with van der Waals surface area (Å²) >= 11 is 0. The van der Waals surface area contributed by atoms with Crippen molar-refractivity contribution in [3.8, 4) is 0 Å². The van der Waals surface area contributed by atoms with Crippen LogP contribution in [0, 0.1) is 0 Å². The molecule has 0 aromatic carbocycles. The number of anilines is 1. The Balaban J connectivity index is 2.87. The molecule has 2 heterocycles. The van der Waals surface area contributed by atoms with Gasteiger partial charge in [0.15, 0.2) is 11.5 Å². The second-order valence-electron chi connectivity index (χ2n) is 2.28. The van der Waals surface area contributed by atoms with E-state index in [-0.39, 0.29) is 5.69 Å². The normalized spacial score (nSPS) is 10.4. The molecule has 6 heteroatoms. The standard InChI is InChI=1S/C6H7N5O/c1-7-4-3-5(9-2-8-4)11-6(12)10-3/h2H,1H3,(H3,7,8,9,10,11,12). The highest BCUT2D eigenvalue weighted by molar-refractivity contribution is 5.81. The number of H-pyrrole nitrogens is 2. The minimum absolute atomic E-state index is 0.276. The Morgan fingerprint density at radius 2 is 2.25 bits per heavy atom. The van der Waals surface area contributed by atoms with Crippen molar-refractivity contribution in [1.82, 2.24) is 19.9 Å². The SMILES string of the molecule is CNc1ncnc2[nH]c(=O)[nH]c12. The van der Waals surface area contributed by atoms with E-state index < -0.39 is 0 Å². The molecule has 2 aromatic heterocycles. The van der Waals surface area contributed by atoms with E-state index >= 15 is 0 Å². The van der Waals surface area contributed by atoms with Gasteiger partial charge in [-0.2, -0.15) is 0 Å². The first-order chi connectivity index (χ1) is 5.81.